The van der Waals surface area contributed by atoms with Gasteiger partial charge in [-0.15, -0.1) is 0 Å². The van der Waals surface area contributed by atoms with E-state index in [1.807, 2.05) is 30.3 Å². The topological polar surface area (TPSA) is 17.1 Å². The van der Waals surface area contributed by atoms with Crippen molar-refractivity contribution in [3.63, 3.8) is 0 Å². The van der Waals surface area contributed by atoms with Gasteiger partial charge in [0.2, 0.25) is 0 Å². The molecule has 1 aromatic rings. The lowest BCUT2D eigenvalue weighted by molar-refractivity contribution is 0.587. The maximum Gasteiger partial charge on any atom is 0.136 e. The molecule has 0 N–H and O–H groups in total. The van der Waals surface area contributed by atoms with Crippen molar-refractivity contribution in [1.82, 2.24) is 0 Å². The molecule has 0 fully saturated rings. The summed E-state index contributed by atoms with van der Waals surface area (Å²) in [4.78, 5) is 0. The lowest BCUT2D eigenvalue weighted by Gasteiger charge is -2.08. The maximum atomic E-state index is 12.8. The highest BCUT2D eigenvalue weighted by Gasteiger charge is 2.27. The number of rotatable bonds is 4. The lowest BCUT2D eigenvalue weighted by Crippen LogP contribution is -2.01. The third-order valence-electron chi connectivity index (χ3n) is 3.37. The first kappa shape index (κ1) is 13.4. The molecule has 96 valence electrons. The van der Waals surface area contributed by atoms with E-state index in [2.05, 4.69) is 25.7 Å². The van der Waals surface area contributed by atoms with Gasteiger partial charge in [0.1, 0.15) is 7.14 Å². The smallest absolute Gasteiger partial charge is 0.136 e. The second-order valence-corrected chi connectivity index (χ2v) is 8.03. The van der Waals surface area contributed by atoms with Gasteiger partial charge in [-0.2, -0.15) is 0 Å². The van der Waals surface area contributed by atoms with E-state index < -0.39 is 7.14 Å². The summed E-state index contributed by atoms with van der Waals surface area (Å²) in [5.41, 5.74) is 2.74. The molecule has 1 aromatic carbocycles. The zero-order valence-electron chi connectivity index (χ0n) is 11.2. The average molecular weight is 260 g/mol. The maximum absolute atomic E-state index is 12.8. The van der Waals surface area contributed by atoms with Gasteiger partial charge in [0, 0.05) is 11.5 Å². The Balaban J connectivity index is 2.08. The zero-order chi connectivity index (χ0) is 13.0. The molecule has 1 aliphatic rings. The summed E-state index contributed by atoms with van der Waals surface area (Å²) in [5, 5.41) is 1.02. The first-order chi connectivity index (χ1) is 8.60. The van der Waals surface area contributed by atoms with Crippen molar-refractivity contribution in [2.45, 2.75) is 33.1 Å². The molecule has 0 spiro atoms. The molecule has 0 saturated heterocycles. The molecule has 2 heteroatoms. The minimum Gasteiger partial charge on any atom is -0.314 e. The summed E-state index contributed by atoms with van der Waals surface area (Å²) in [6.45, 7) is 4.25. The first-order valence-electron chi connectivity index (χ1n) is 6.58. The van der Waals surface area contributed by atoms with Crippen molar-refractivity contribution in [2.24, 2.45) is 0 Å². The molecule has 0 saturated carbocycles. The largest absolute Gasteiger partial charge is 0.314 e. The fourth-order valence-corrected chi connectivity index (χ4v) is 5.03. The Hall–Kier alpha value is -1.07. The first-order valence-corrected chi connectivity index (χ1v) is 8.55. The molecule has 1 aliphatic heterocycles. The molecular formula is C16H21OP. The van der Waals surface area contributed by atoms with Crippen molar-refractivity contribution in [2.75, 3.05) is 6.16 Å². The van der Waals surface area contributed by atoms with Gasteiger partial charge < -0.3 is 4.57 Å². The number of hydrogen-bond donors (Lipinski definition) is 0. The van der Waals surface area contributed by atoms with Crippen LogP contribution in [0.2, 0.25) is 0 Å². The van der Waals surface area contributed by atoms with E-state index in [-0.39, 0.29) is 0 Å². The normalized spacial score (nSPS) is 22.7. The SMILES string of the molecule is CC(C)=CCCC1=CP(=O)(c2ccccc2)CC1. The molecule has 18 heavy (non-hydrogen) atoms. The second-order valence-electron chi connectivity index (χ2n) is 5.21. The van der Waals surface area contributed by atoms with Crippen LogP contribution in [0, 0.1) is 0 Å². The Kier molecular flexibility index (Phi) is 4.24. The van der Waals surface area contributed by atoms with Crippen LogP contribution >= 0.6 is 7.14 Å². The highest BCUT2D eigenvalue weighted by atomic mass is 31.2. The monoisotopic (exact) mass is 260 g/mol. The quantitative estimate of drug-likeness (QED) is 0.566. The molecule has 1 heterocycles. The average Bonchev–Trinajstić information content (AvgIpc) is 2.73. The summed E-state index contributed by atoms with van der Waals surface area (Å²) in [7, 11) is -2.23. The van der Waals surface area contributed by atoms with E-state index in [4.69, 9.17) is 0 Å². The van der Waals surface area contributed by atoms with Gasteiger partial charge in [-0.05, 0) is 38.9 Å². The summed E-state index contributed by atoms with van der Waals surface area (Å²) in [6.07, 6.45) is 6.21. The number of allylic oxidation sites excluding steroid dienone is 3. The van der Waals surface area contributed by atoms with E-state index in [1.54, 1.807) is 0 Å². The lowest BCUT2D eigenvalue weighted by atomic mass is 10.1. The number of hydrogen-bond acceptors (Lipinski definition) is 1. The van der Waals surface area contributed by atoms with Gasteiger partial charge >= 0.3 is 0 Å². The molecule has 1 unspecified atom stereocenters. The van der Waals surface area contributed by atoms with Crippen molar-refractivity contribution in [3.8, 4) is 0 Å². The van der Waals surface area contributed by atoms with Gasteiger partial charge in [-0.25, -0.2) is 0 Å². The molecule has 0 amide bonds. The van der Waals surface area contributed by atoms with Crippen LogP contribution in [0.5, 0.6) is 0 Å². The standard InChI is InChI=1S/C16H21OP/c1-14(2)7-6-8-15-11-12-18(17,13-15)16-9-4-3-5-10-16/h3-5,7,9-10,13H,6,8,11-12H2,1-2H3. The molecule has 2 rings (SSSR count). The predicted octanol–water partition coefficient (Wildman–Crippen LogP) is 4.71. The Morgan fingerprint density at radius 3 is 2.67 bits per heavy atom. The Morgan fingerprint density at radius 2 is 2.00 bits per heavy atom. The third-order valence-corrected chi connectivity index (χ3v) is 6.21. The van der Waals surface area contributed by atoms with Crippen LogP contribution in [0.15, 0.2) is 53.4 Å². The fourth-order valence-electron chi connectivity index (χ4n) is 2.35. The number of benzene rings is 1. The summed E-state index contributed by atoms with van der Waals surface area (Å²) in [5.74, 6) is 2.07. The van der Waals surface area contributed by atoms with Gasteiger partial charge in [0.15, 0.2) is 0 Å². The Labute approximate surface area is 110 Å². The van der Waals surface area contributed by atoms with E-state index in [9.17, 15) is 4.57 Å². The highest BCUT2D eigenvalue weighted by molar-refractivity contribution is 7.74. The molecule has 0 aromatic heterocycles. The molecule has 0 aliphatic carbocycles. The van der Waals surface area contributed by atoms with E-state index >= 15 is 0 Å². The molecule has 1 nitrogen and oxygen atoms in total. The summed E-state index contributed by atoms with van der Waals surface area (Å²) < 4.78 is 12.8. The van der Waals surface area contributed by atoms with Crippen LogP contribution < -0.4 is 5.30 Å². The fraction of sp³-hybridized carbons (Fsp3) is 0.375. The molecule has 0 radical (unpaired) electrons. The Bertz CT molecular complexity index is 507. The van der Waals surface area contributed by atoms with Crippen molar-refractivity contribution in [3.05, 3.63) is 53.4 Å². The van der Waals surface area contributed by atoms with Gasteiger partial charge in [-0.1, -0.05) is 47.6 Å². The van der Waals surface area contributed by atoms with Crippen LogP contribution in [0.4, 0.5) is 0 Å². The van der Waals surface area contributed by atoms with Gasteiger partial charge in [-0.3, -0.25) is 0 Å². The van der Waals surface area contributed by atoms with E-state index in [1.165, 1.54) is 11.1 Å². The van der Waals surface area contributed by atoms with Crippen molar-refractivity contribution < 1.29 is 4.57 Å². The van der Waals surface area contributed by atoms with Gasteiger partial charge in [0.05, 0.1) is 0 Å². The van der Waals surface area contributed by atoms with Crippen molar-refractivity contribution >= 4 is 12.4 Å². The van der Waals surface area contributed by atoms with Crippen LogP contribution in [-0.4, -0.2) is 6.16 Å². The van der Waals surface area contributed by atoms with Gasteiger partial charge in [0.25, 0.3) is 0 Å². The second kappa shape index (κ2) is 5.71. The minimum absolute atomic E-state index is 0.821. The predicted molar refractivity (Wildman–Crippen MR) is 79.9 cm³/mol. The Morgan fingerprint density at radius 1 is 1.28 bits per heavy atom. The van der Waals surface area contributed by atoms with Crippen LogP contribution in [-0.2, 0) is 4.57 Å². The van der Waals surface area contributed by atoms with E-state index in [0.29, 0.717) is 0 Å². The minimum atomic E-state index is -2.23. The third kappa shape index (κ3) is 3.23. The van der Waals surface area contributed by atoms with Crippen LogP contribution in [0.25, 0.3) is 0 Å². The summed E-state index contributed by atoms with van der Waals surface area (Å²) in [6, 6.07) is 9.92. The van der Waals surface area contributed by atoms with Crippen LogP contribution in [0.1, 0.15) is 33.1 Å². The van der Waals surface area contributed by atoms with Crippen molar-refractivity contribution in [1.29, 1.82) is 0 Å². The summed E-state index contributed by atoms with van der Waals surface area (Å²) >= 11 is 0. The molecule has 0 bridgehead atoms. The highest BCUT2D eigenvalue weighted by Crippen LogP contribution is 2.53. The van der Waals surface area contributed by atoms with Crippen LogP contribution in [0.3, 0.4) is 0 Å². The van der Waals surface area contributed by atoms with E-state index in [0.717, 1.165) is 30.7 Å². The molecule has 1 atom stereocenters. The zero-order valence-corrected chi connectivity index (χ0v) is 12.1. The molecular weight excluding hydrogens is 239 g/mol.